The van der Waals surface area contributed by atoms with Crippen LogP contribution < -0.4 is 5.73 Å². The zero-order valence-electron chi connectivity index (χ0n) is 13.6. The molecule has 0 aliphatic heterocycles. The summed E-state index contributed by atoms with van der Waals surface area (Å²) in [4.78, 5) is 24.3. The first-order valence-corrected chi connectivity index (χ1v) is 8.98. The van der Waals surface area contributed by atoms with E-state index < -0.39 is 0 Å². The lowest BCUT2D eigenvalue weighted by Crippen LogP contribution is -2.54. The van der Waals surface area contributed by atoms with Crippen molar-refractivity contribution in [1.29, 1.82) is 0 Å². The average molecular weight is 301 g/mol. The summed E-state index contributed by atoms with van der Waals surface area (Å²) in [6, 6.07) is 0. The van der Waals surface area contributed by atoms with Crippen LogP contribution in [0.4, 0.5) is 0 Å². The minimum absolute atomic E-state index is 0.0593. The monoisotopic (exact) mass is 301 g/mol. The first kappa shape index (κ1) is 14.6. The maximum Gasteiger partial charge on any atom is 0.155 e. The Labute approximate surface area is 132 Å². The van der Waals surface area contributed by atoms with Crippen molar-refractivity contribution in [1.82, 2.24) is 0 Å². The summed E-state index contributed by atoms with van der Waals surface area (Å²) in [6.45, 7) is 2.89. The summed E-state index contributed by atoms with van der Waals surface area (Å²) in [6.07, 6.45) is 9.69. The van der Waals surface area contributed by atoms with Gasteiger partial charge in [-0.2, -0.15) is 0 Å². The van der Waals surface area contributed by atoms with E-state index in [2.05, 4.69) is 6.92 Å². The van der Waals surface area contributed by atoms with Gasteiger partial charge in [0.2, 0.25) is 0 Å². The minimum Gasteiger partial charge on any atom is -0.330 e. The van der Waals surface area contributed by atoms with Crippen LogP contribution in [0.3, 0.4) is 0 Å². The zero-order chi connectivity index (χ0) is 15.5. The Morgan fingerprint density at radius 1 is 1.09 bits per heavy atom. The third kappa shape index (κ3) is 1.72. The van der Waals surface area contributed by atoms with Crippen molar-refractivity contribution >= 4 is 11.6 Å². The van der Waals surface area contributed by atoms with Gasteiger partial charge in [-0.05, 0) is 62.4 Å². The summed E-state index contributed by atoms with van der Waals surface area (Å²) in [5, 5.41) is 0. The number of hydrogen-bond donors (Lipinski definition) is 1. The molecule has 4 rings (SSSR count). The summed E-state index contributed by atoms with van der Waals surface area (Å²) in [7, 11) is 0. The molecule has 0 radical (unpaired) electrons. The summed E-state index contributed by atoms with van der Waals surface area (Å²) >= 11 is 0. The van der Waals surface area contributed by atoms with Gasteiger partial charge in [0.1, 0.15) is 5.78 Å². The van der Waals surface area contributed by atoms with Crippen molar-refractivity contribution in [2.24, 2.45) is 34.3 Å². The molecule has 4 unspecified atom stereocenters. The molecule has 3 heteroatoms. The smallest absolute Gasteiger partial charge is 0.155 e. The number of fused-ring (bicyclic) bond motifs is 5. The number of carbonyl (C=O) groups excluding carboxylic acids is 2. The molecule has 4 aliphatic rings. The fourth-order valence-electron chi connectivity index (χ4n) is 6.52. The lowest BCUT2D eigenvalue weighted by molar-refractivity contribution is -0.132. The molecule has 0 saturated heterocycles. The first-order valence-electron chi connectivity index (χ1n) is 8.98. The SMILES string of the molecule is C[C@]12CCC3C(CCC4=CC(=O)CCC43CN)C1CCC2=O. The van der Waals surface area contributed by atoms with Gasteiger partial charge in [0, 0.05) is 30.2 Å². The highest BCUT2D eigenvalue weighted by Gasteiger charge is 2.59. The lowest BCUT2D eigenvalue weighted by Gasteiger charge is -2.57. The van der Waals surface area contributed by atoms with Gasteiger partial charge >= 0.3 is 0 Å². The molecular weight excluding hydrogens is 274 g/mol. The highest BCUT2D eigenvalue weighted by Crippen LogP contribution is 2.64. The van der Waals surface area contributed by atoms with Crippen LogP contribution in [0.15, 0.2) is 11.6 Å². The maximum atomic E-state index is 12.4. The molecular formula is C19H27NO2. The van der Waals surface area contributed by atoms with Gasteiger partial charge < -0.3 is 5.73 Å². The Morgan fingerprint density at radius 2 is 1.91 bits per heavy atom. The summed E-state index contributed by atoms with van der Waals surface area (Å²) in [5.41, 5.74) is 7.61. The molecule has 0 aromatic carbocycles. The molecule has 3 saturated carbocycles. The number of hydrogen-bond acceptors (Lipinski definition) is 3. The van der Waals surface area contributed by atoms with Gasteiger partial charge in [0.25, 0.3) is 0 Å². The molecule has 5 atom stereocenters. The molecule has 0 aromatic heterocycles. The predicted octanol–water partition coefficient (Wildman–Crippen LogP) is 3.03. The fraction of sp³-hybridized carbons (Fsp3) is 0.789. The van der Waals surface area contributed by atoms with Crippen molar-refractivity contribution in [3.05, 3.63) is 11.6 Å². The third-order valence-corrected chi connectivity index (χ3v) is 7.76. The minimum atomic E-state index is -0.0668. The number of ketones is 2. The van der Waals surface area contributed by atoms with Gasteiger partial charge in [-0.1, -0.05) is 12.5 Å². The van der Waals surface area contributed by atoms with Gasteiger partial charge in [0.05, 0.1) is 0 Å². The normalized spacial score (nSPS) is 47.5. The van der Waals surface area contributed by atoms with Crippen molar-refractivity contribution < 1.29 is 9.59 Å². The summed E-state index contributed by atoms with van der Waals surface area (Å²) < 4.78 is 0. The van der Waals surface area contributed by atoms with Crippen LogP contribution in [0.5, 0.6) is 0 Å². The highest BCUT2D eigenvalue weighted by atomic mass is 16.1. The molecule has 0 bridgehead atoms. The van der Waals surface area contributed by atoms with Gasteiger partial charge in [-0.15, -0.1) is 0 Å². The van der Waals surface area contributed by atoms with Crippen LogP contribution in [0.2, 0.25) is 0 Å². The Bertz CT molecular complexity index is 566. The quantitative estimate of drug-likeness (QED) is 0.810. The molecule has 22 heavy (non-hydrogen) atoms. The van der Waals surface area contributed by atoms with Crippen LogP contribution in [0, 0.1) is 28.6 Å². The van der Waals surface area contributed by atoms with E-state index >= 15 is 0 Å². The molecule has 0 aromatic rings. The van der Waals surface area contributed by atoms with Crippen LogP contribution in [-0.4, -0.2) is 18.1 Å². The Morgan fingerprint density at radius 3 is 2.68 bits per heavy atom. The van der Waals surface area contributed by atoms with E-state index in [1.807, 2.05) is 6.08 Å². The van der Waals surface area contributed by atoms with E-state index in [1.165, 1.54) is 5.57 Å². The van der Waals surface area contributed by atoms with Crippen molar-refractivity contribution in [2.45, 2.75) is 58.3 Å². The molecule has 0 heterocycles. The molecule has 3 fully saturated rings. The van der Waals surface area contributed by atoms with E-state index in [1.54, 1.807) is 0 Å². The number of carbonyl (C=O) groups is 2. The fourth-order valence-corrected chi connectivity index (χ4v) is 6.52. The van der Waals surface area contributed by atoms with Crippen LogP contribution in [0.25, 0.3) is 0 Å². The number of rotatable bonds is 1. The molecule has 0 amide bonds. The number of Topliss-reactive ketones (excluding diaryl/α,β-unsaturated/α-hetero) is 1. The van der Waals surface area contributed by atoms with Gasteiger partial charge in [-0.25, -0.2) is 0 Å². The van der Waals surface area contributed by atoms with Crippen LogP contribution in [-0.2, 0) is 9.59 Å². The second kappa shape index (κ2) is 4.77. The standard InChI is InChI=1S/C19H27NO2/c1-18-8-7-16-14(15(18)4-5-17(18)22)3-2-12-10-13(21)6-9-19(12,16)11-20/h10,14-16H,2-9,11,20H2,1H3/t14?,15?,16?,18-,19?/m0/s1. The Balaban J connectivity index is 1.73. The van der Waals surface area contributed by atoms with Crippen molar-refractivity contribution in [3.8, 4) is 0 Å². The summed E-state index contributed by atoms with van der Waals surface area (Å²) in [5.74, 6) is 2.57. The molecule has 120 valence electrons. The third-order valence-electron chi connectivity index (χ3n) is 7.76. The largest absolute Gasteiger partial charge is 0.330 e. The van der Waals surface area contributed by atoms with E-state index in [9.17, 15) is 9.59 Å². The Hall–Kier alpha value is -0.960. The zero-order valence-corrected chi connectivity index (χ0v) is 13.6. The topological polar surface area (TPSA) is 60.2 Å². The van der Waals surface area contributed by atoms with E-state index in [-0.39, 0.29) is 16.6 Å². The second-order valence-corrected chi connectivity index (χ2v) is 8.33. The van der Waals surface area contributed by atoms with Crippen LogP contribution in [0.1, 0.15) is 58.3 Å². The van der Waals surface area contributed by atoms with Gasteiger partial charge in [-0.3, -0.25) is 9.59 Å². The molecule has 3 nitrogen and oxygen atoms in total. The molecule has 0 spiro atoms. The van der Waals surface area contributed by atoms with E-state index in [0.29, 0.717) is 36.5 Å². The lowest BCUT2D eigenvalue weighted by atomic mass is 9.47. The number of nitrogens with two attached hydrogens (primary N) is 1. The van der Waals surface area contributed by atoms with E-state index in [4.69, 9.17) is 5.73 Å². The second-order valence-electron chi connectivity index (χ2n) is 8.33. The maximum absolute atomic E-state index is 12.4. The first-order chi connectivity index (χ1) is 10.5. The molecule has 4 aliphatic carbocycles. The van der Waals surface area contributed by atoms with E-state index in [0.717, 1.165) is 44.9 Å². The average Bonchev–Trinajstić information content (AvgIpc) is 2.82. The predicted molar refractivity (Wildman–Crippen MR) is 85.1 cm³/mol. The van der Waals surface area contributed by atoms with Crippen LogP contribution >= 0.6 is 0 Å². The van der Waals surface area contributed by atoms with Crippen molar-refractivity contribution in [3.63, 3.8) is 0 Å². The highest BCUT2D eigenvalue weighted by molar-refractivity contribution is 5.91. The molecule has 2 N–H and O–H groups in total. The van der Waals surface area contributed by atoms with Gasteiger partial charge in [0.15, 0.2) is 5.78 Å². The van der Waals surface area contributed by atoms with Crippen molar-refractivity contribution in [2.75, 3.05) is 6.54 Å². The Kier molecular flexibility index (Phi) is 3.17.